The quantitative estimate of drug-likeness (QED) is 0.737. The minimum absolute atomic E-state index is 0.129. The molecule has 1 aromatic rings. The molecule has 0 saturated carbocycles. The molecular formula is C12H18N4O3. The van der Waals surface area contributed by atoms with Crippen LogP contribution in [-0.4, -0.2) is 51.6 Å². The van der Waals surface area contributed by atoms with Crippen LogP contribution in [0.1, 0.15) is 18.7 Å². The number of carbonyl (C=O) groups is 2. The number of aliphatic carboxylic acids is 1. The maximum Gasteiger partial charge on any atom is 0.317 e. The maximum atomic E-state index is 11.8. The molecule has 19 heavy (non-hydrogen) atoms. The topological polar surface area (TPSA) is 98.3 Å². The lowest BCUT2D eigenvalue weighted by atomic mass is 9.97. The number of nitrogens with one attached hydrogen (secondary N) is 2. The highest BCUT2D eigenvalue weighted by molar-refractivity contribution is 5.75. The van der Waals surface area contributed by atoms with Gasteiger partial charge in [-0.05, 0) is 12.8 Å². The van der Waals surface area contributed by atoms with Gasteiger partial charge in [-0.3, -0.25) is 4.79 Å². The second-order valence-electron chi connectivity index (χ2n) is 4.62. The van der Waals surface area contributed by atoms with E-state index in [4.69, 9.17) is 5.11 Å². The lowest BCUT2D eigenvalue weighted by molar-refractivity contribution is -0.143. The van der Waals surface area contributed by atoms with Crippen LogP contribution >= 0.6 is 0 Å². The number of rotatable bonds is 4. The lowest BCUT2D eigenvalue weighted by Crippen LogP contribution is -2.45. The predicted molar refractivity (Wildman–Crippen MR) is 67.6 cm³/mol. The van der Waals surface area contributed by atoms with Crippen molar-refractivity contribution in [3.63, 3.8) is 0 Å². The van der Waals surface area contributed by atoms with Gasteiger partial charge in [-0.15, -0.1) is 0 Å². The van der Waals surface area contributed by atoms with Gasteiger partial charge in [0.1, 0.15) is 5.82 Å². The van der Waals surface area contributed by atoms with E-state index >= 15 is 0 Å². The van der Waals surface area contributed by atoms with E-state index in [1.807, 2.05) is 0 Å². The van der Waals surface area contributed by atoms with Gasteiger partial charge in [0.2, 0.25) is 0 Å². The fourth-order valence-corrected chi connectivity index (χ4v) is 2.16. The fraction of sp³-hybridized carbons (Fsp3) is 0.583. The standard InChI is InChI=1S/C12H18N4O3/c17-11(18)9-2-7-16(8-3-9)12(19)15-4-1-10-13-5-6-14-10/h5-6,9H,1-4,7-8H2,(H,13,14)(H,15,19)(H,17,18). The summed E-state index contributed by atoms with van der Waals surface area (Å²) in [6.45, 7) is 1.53. The lowest BCUT2D eigenvalue weighted by Gasteiger charge is -2.30. The van der Waals surface area contributed by atoms with E-state index in [9.17, 15) is 9.59 Å². The van der Waals surface area contributed by atoms with Crippen molar-refractivity contribution in [2.75, 3.05) is 19.6 Å². The molecule has 1 saturated heterocycles. The van der Waals surface area contributed by atoms with Crippen LogP contribution in [0, 0.1) is 5.92 Å². The molecule has 0 aromatic carbocycles. The van der Waals surface area contributed by atoms with Crippen molar-refractivity contribution in [3.8, 4) is 0 Å². The SMILES string of the molecule is O=C(O)C1CCN(C(=O)NCCc2ncc[nH]2)CC1. The predicted octanol–water partition coefficient (Wildman–Crippen LogP) is 0.458. The second-order valence-corrected chi connectivity index (χ2v) is 4.62. The number of carboxylic acid groups (broad SMARTS) is 1. The van der Waals surface area contributed by atoms with Crippen LogP contribution in [0.25, 0.3) is 0 Å². The van der Waals surface area contributed by atoms with Crippen LogP contribution in [0.5, 0.6) is 0 Å². The minimum atomic E-state index is -0.766. The van der Waals surface area contributed by atoms with E-state index in [2.05, 4.69) is 15.3 Å². The van der Waals surface area contributed by atoms with E-state index in [0.29, 0.717) is 38.9 Å². The van der Waals surface area contributed by atoms with Gasteiger partial charge in [-0.1, -0.05) is 0 Å². The van der Waals surface area contributed by atoms with Crippen molar-refractivity contribution in [2.24, 2.45) is 5.92 Å². The summed E-state index contributed by atoms with van der Waals surface area (Å²) in [7, 11) is 0. The van der Waals surface area contributed by atoms with Crippen molar-refractivity contribution in [2.45, 2.75) is 19.3 Å². The molecule has 0 radical (unpaired) electrons. The highest BCUT2D eigenvalue weighted by Crippen LogP contribution is 2.17. The number of carbonyl (C=O) groups excluding carboxylic acids is 1. The molecule has 7 nitrogen and oxygen atoms in total. The minimum Gasteiger partial charge on any atom is -0.481 e. The number of hydrogen-bond donors (Lipinski definition) is 3. The number of carboxylic acids is 1. The number of aromatic nitrogens is 2. The van der Waals surface area contributed by atoms with E-state index < -0.39 is 5.97 Å². The van der Waals surface area contributed by atoms with Gasteiger partial charge in [0, 0.05) is 38.4 Å². The average Bonchev–Trinajstić information content (AvgIpc) is 2.92. The van der Waals surface area contributed by atoms with Crippen LogP contribution < -0.4 is 5.32 Å². The number of piperidine rings is 1. The third-order valence-electron chi connectivity index (χ3n) is 3.32. The zero-order valence-electron chi connectivity index (χ0n) is 10.6. The Labute approximate surface area is 111 Å². The number of aromatic amines is 1. The molecule has 0 atom stereocenters. The summed E-state index contributed by atoms with van der Waals surface area (Å²) < 4.78 is 0. The molecule has 0 aliphatic carbocycles. The summed E-state index contributed by atoms with van der Waals surface area (Å²) in [4.78, 5) is 31.3. The van der Waals surface area contributed by atoms with Crippen LogP contribution in [-0.2, 0) is 11.2 Å². The van der Waals surface area contributed by atoms with E-state index in [1.54, 1.807) is 17.3 Å². The Hall–Kier alpha value is -2.05. The first-order valence-corrected chi connectivity index (χ1v) is 6.40. The smallest absolute Gasteiger partial charge is 0.317 e. The van der Waals surface area contributed by atoms with Crippen LogP contribution in [0.2, 0.25) is 0 Å². The third kappa shape index (κ3) is 3.70. The zero-order valence-corrected chi connectivity index (χ0v) is 10.6. The molecule has 1 aromatic heterocycles. The highest BCUT2D eigenvalue weighted by Gasteiger charge is 2.26. The number of nitrogens with zero attached hydrogens (tertiary/aromatic N) is 2. The largest absolute Gasteiger partial charge is 0.481 e. The first kappa shape index (κ1) is 13.4. The third-order valence-corrected chi connectivity index (χ3v) is 3.32. The zero-order chi connectivity index (χ0) is 13.7. The Kier molecular flexibility index (Phi) is 4.38. The molecule has 1 fully saturated rings. The molecule has 2 heterocycles. The molecule has 0 unspecified atom stereocenters. The van der Waals surface area contributed by atoms with Gasteiger partial charge < -0.3 is 20.3 Å². The van der Waals surface area contributed by atoms with Gasteiger partial charge in [-0.2, -0.15) is 0 Å². The maximum absolute atomic E-state index is 11.8. The van der Waals surface area contributed by atoms with Crippen molar-refractivity contribution < 1.29 is 14.7 Å². The number of hydrogen-bond acceptors (Lipinski definition) is 3. The molecule has 7 heteroatoms. The van der Waals surface area contributed by atoms with Gasteiger partial charge in [0.25, 0.3) is 0 Å². The summed E-state index contributed by atoms with van der Waals surface area (Å²) >= 11 is 0. The summed E-state index contributed by atoms with van der Waals surface area (Å²) in [5, 5.41) is 11.7. The van der Waals surface area contributed by atoms with E-state index in [0.717, 1.165) is 5.82 Å². The summed E-state index contributed by atoms with van der Waals surface area (Å²) in [6.07, 6.45) is 5.13. The molecular weight excluding hydrogens is 248 g/mol. The molecule has 1 aliphatic heterocycles. The fourth-order valence-electron chi connectivity index (χ4n) is 2.16. The number of likely N-dealkylation sites (tertiary alicyclic amines) is 1. The average molecular weight is 266 g/mol. The van der Waals surface area contributed by atoms with Crippen LogP contribution in [0.3, 0.4) is 0 Å². The summed E-state index contributed by atoms with van der Waals surface area (Å²) in [5.74, 6) is -0.241. The Morgan fingerprint density at radius 2 is 2.21 bits per heavy atom. The number of imidazole rings is 1. The Morgan fingerprint density at radius 1 is 1.47 bits per heavy atom. The second kappa shape index (κ2) is 6.21. The van der Waals surface area contributed by atoms with E-state index in [-0.39, 0.29) is 11.9 Å². The number of amides is 2. The summed E-state index contributed by atoms with van der Waals surface area (Å²) in [6, 6.07) is -0.129. The Bertz CT molecular complexity index is 424. The molecule has 1 aliphatic rings. The molecule has 2 rings (SSSR count). The van der Waals surface area contributed by atoms with Crippen LogP contribution in [0.4, 0.5) is 4.79 Å². The van der Waals surface area contributed by atoms with Crippen molar-refractivity contribution in [1.82, 2.24) is 20.2 Å². The van der Waals surface area contributed by atoms with Gasteiger partial charge in [-0.25, -0.2) is 9.78 Å². The van der Waals surface area contributed by atoms with Crippen molar-refractivity contribution in [1.29, 1.82) is 0 Å². The van der Waals surface area contributed by atoms with Crippen molar-refractivity contribution in [3.05, 3.63) is 18.2 Å². The van der Waals surface area contributed by atoms with Gasteiger partial charge in [0.15, 0.2) is 0 Å². The molecule has 0 spiro atoms. The Morgan fingerprint density at radius 3 is 2.79 bits per heavy atom. The normalized spacial score (nSPS) is 16.3. The van der Waals surface area contributed by atoms with Crippen LogP contribution in [0.15, 0.2) is 12.4 Å². The van der Waals surface area contributed by atoms with Crippen molar-refractivity contribution >= 4 is 12.0 Å². The molecule has 2 amide bonds. The monoisotopic (exact) mass is 266 g/mol. The first-order valence-electron chi connectivity index (χ1n) is 6.40. The number of H-pyrrole nitrogens is 1. The van der Waals surface area contributed by atoms with E-state index in [1.165, 1.54) is 0 Å². The highest BCUT2D eigenvalue weighted by atomic mass is 16.4. The Balaban J connectivity index is 1.68. The summed E-state index contributed by atoms with van der Waals surface area (Å²) in [5.41, 5.74) is 0. The van der Waals surface area contributed by atoms with Gasteiger partial charge in [0.05, 0.1) is 5.92 Å². The van der Waals surface area contributed by atoms with Gasteiger partial charge >= 0.3 is 12.0 Å². The number of urea groups is 1. The first-order chi connectivity index (χ1) is 9.16. The molecule has 104 valence electrons. The molecule has 3 N–H and O–H groups in total. The molecule has 0 bridgehead atoms.